The molecule has 1 aliphatic heterocycles. The predicted octanol–water partition coefficient (Wildman–Crippen LogP) is 2.99. The Morgan fingerprint density at radius 1 is 1.33 bits per heavy atom. The van der Waals surface area contributed by atoms with Gasteiger partial charge in [0, 0.05) is 12.6 Å². The molecule has 2 rings (SSSR count). The molecule has 2 nitrogen and oxygen atoms in total. The monoisotopic (exact) mass is 246 g/mol. The van der Waals surface area contributed by atoms with Gasteiger partial charge in [0.25, 0.3) is 0 Å². The SMILES string of the molecule is Cc1ccc(C(C)NCC2CCCN(C)C2)cc1. The van der Waals surface area contributed by atoms with Crippen LogP contribution in [0.25, 0.3) is 0 Å². The van der Waals surface area contributed by atoms with Crippen molar-refractivity contribution in [3.8, 4) is 0 Å². The Morgan fingerprint density at radius 3 is 2.72 bits per heavy atom. The van der Waals surface area contributed by atoms with Crippen LogP contribution < -0.4 is 5.32 Å². The van der Waals surface area contributed by atoms with Crippen molar-refractivity contribution in [3.63, 3.8) is 0 Å². The van der Waals surface area contributed by atoms with Gasteiger partial charge in [0.1, 0.15) is 0 Å². The zero-order chi connectivity index (χ0) is 13.0. The third-order valence-electron chi connectivity index (χ3n) is 4.01. The lowest BCUT2D eigenvalue weighted by molar-refractivity contribution is 0.203. The summed E-state index contributed by atoms with van der Waals surface area (Å²) in [5.74, 6) is 0.816. The Balaban J connectivity index is 1.80. The van der Waals surface area contributed by atoms with Gasteiger partial charge in [-0.3, -0.25) is 0 Å². The van der Waals surface area contributed by atoms with Gasteiger partial charge < -0.3 is 10.2 Å². The van der Waals surface area contributed by atoms with E-state index in [4.69, 9.17) is 0 Å². The second kappa shape index (κ2) is 6.35. The third-order valence-corrected chi connectivity index (χ3v) is 4.01. The minimum absolute atomic E-state index is 0.456. The number of hydrogen-bond donors (Lipinski definition) is 1. The fraction of sp³-hybridized carbons (Fsp3) is 0.625. The minimum atomic E-state index is 0.456. The molecule has 1 saturated heterocycles. The number of nitrogens with one attached hydrogen (secondary N) is 1. The maximum atomic E-state index is 3.68. The van der Waals surface area contributed by atoms with E-state index in [0.29, 0.717) is 6.04 Å². The standard InChI is InChI=1S/C16H26N2/c1-13-6-8-16(9-7-13)14(2)17-11-15-5-4-10-18(3)12-15/h6-9,14-15,17H,4-5,10-12H2,1-3H3. The highest BCUT2D eigenvalue weighted by Gasteiger charge is 2.17. The van der Waals surface area contributed by atoms with Crippen molar-refractivity contribution in [1.29, 1.82) is 0 Å². The number of hydrogen-bond acceptors (Lipinski definition) is 2. The van der Waals surface area contributed by atoms with Gasteiger partial charge in [0.05, 0.1) is 0 Å². The van der Waals surface area contributed by atoms with Crippen molar-refractivity contribution in [2.75, 3.05) is 26.7 Å². The molecule has 2 heteroatoms. The molecule has 2 unspecified atom stereocenters. The fourth-order valence-corrected chi connectivity index (χ4v) is 2.76. The second-order valence-corrected chi connectivity index (χ2v) is 5.81. The van der Waals surface area contributed by atoms with E-state index in [9.17, 15) is 0 Å². The maximum Gasteiger partial charge on any atom is 0.0291 e. The van der Waals surface area contributed by atoms with Crippen LogP contribution >= 0.6 is 0 Å². The highest BCUT2D eigenvalue weighted by atomic mass is 15.1. The Bertz CT molecular complexity index is 358. The molecule has 0 aliphatic carbocycles. The van der Waals surface area contributed by atoms with Gasteiger partial charge in [-0.15, -0.1) is 0 Å². The van der Waals surface area contributed by atoms with Crippen molar-refractivity contribution in [2.45, 2.75) is 32.7 Å². The topological polar surface area (TPSA) is 15.3 Å². The largest absolute Gasteiger partial charge is 0.310 e. The number of piperidine rings is 1. The summed E-state index contributed by atoms with van der Waals surface area (Å²) in [7, 11) is 2.23. The molecule has 0 radical (unpaired) electrons. The van der Waals surface area contributed by atoms with Crippen molar-refractivity contribution >= 4 is 0 Å². The van der Waals surface area contributed by atoms with Crippen molar-refractivity contribution in [2.24, 2.45) is 5.92 Å². The first kappa shape index (κ1) is 13.6. The lowest BCUT2D eigenvalue weighted by atomic mass is 9.97. The average molecular weight is 246 g/mol. The quantitative estimate of drug-likeness (QED) is 0.878. The van der Waals surface area contributed by atoms with E-state index < -0.39 is 0 Å². The summed E-state index contributed by atoms with van der Waals surface area (Å²) < 4.78 is 0. The number of benzene rings is 1. The van der Waals surface area contributed by atoms with Crippen molar-refractivity contribution < 1.29 is 0 Å². The zero-order valence-electron chi connectivity index (χ0n) is 11.9. The number of aryl methyl sites for hydroxylation is 1. The molecule has 1 aliphatic rings. The van der Waals surface area contributed by atoms with Crippen LogP contribution in [0.4, 0.5) is 0 Å². The summed E-state index contributed by atoms with van der Waals surface area (Å²) in [6, 6.07) is 9.32. The van der Waals surface area contributed by atoms with E-state index in [1.165, 1.54) is 37.1 Å². The van der Waals surface area contributed by atoms with E-state index in [1.54, 1.807) is 0 Å². The normalized spacial score (nSPS) is 22.9. The summed E-state index contributed by atoms with van der Waals surface area (Å²) in [5, 5.41) is 3.68. The Kier molecular flexibility index (Phi) is 4.79. The van der Waals surface area contributed by atoms with Crippen LogP contribution in [0.2, 0.25) is 0 Å². The highest BCUT2D eigenvalue weighted by molar-refractivity contribution is 5.23. The van der Waals surface area contributed by atoms with E-state index >= 15 is 0 Å². The molecule has 1 aromatic carbocycles. The molecular formula is C16H26N2. The van der Waals surface area contributed by atoms with E-state index in [0.717, 1.165) is 12.5 Å². The van der Waals surface area contributed by atoms with Gasteiger partial charge in [-0.05, 0) is 58.3 Å². The molecule has 0 bridgehead atoms. The highest BCUT2D eigenvalue weighted by Crippen LogP contribution is 2.17. The van der Waals surface area contributed by atoms with Crippen LogP contribution in [-0.2, 0) is 0 Å². The molecule has 1 aromatic rings. The van der Waals surface area contributed by atoms with Crippen LogP contribution in [0.3, 0.4) is 0 Å². The smallest absolute Gasteiger partial charge is 0.0291 e. The van der Waals surface area contributed by atoms with Gasteiger partial charge >= 0.3 is 0 Å². The first-order chi connectivity index (χ1) is 8.65. The Labute approximate surface area is 111 Å². The maximum absolute atomic E-state index is 3.68. The Morgan fingerprint density at radius 2 is 2.06 bits per heavy atom. The third kappa shape index (κ3) is 3.82. The van der Waals surface area contributed by atoms with Crippen LogP contribution in [0.15, 0.2) is 24.3 Å². The molecule has 0 aromatic heterocycles. The molecule has 0 spiro atoms. The van der Waals surface area contributed by atoms with Crippen LogP contribution in [0, 0.1) is 12.8 Å². The number of nitrogens with zero attached hydrogens (tertiary/aromatic N) is 1. The summed E-state index contributed by atoms with van der Waals surface area (Å²) in [6.07, 6.45) is 2.72. The predicted molar refractivity (Wildman–Crippen MR) is 77.8 cm³/mol. The summed E-state index contributed by atoms with van der Waals surface area (Å²) in [4.78, 5) is 2.45. The van der Waals surface area contributed by atoms with Crippen LogP contribution in [0.5, 0.6) is 0 Å². The lowest BCUT2D eigenvalue weighted by Crippen LogP contribution is -2.37. The van der Waals surface area contributed by atoms with Gasteiger partial charge in [0.15, 0.2) is 0 Å². The fourth-order valence-electron chi connectivity index (χ4n) is 2.76. The first-order valence-corrected chi connectivity index (χ1v) is 7.13. The molecule has 1 N–H and O–H groups in total. The summed E-state index contributed by atoms with van der Waals surface area (Å²) in [5.41, 5.74) is 2.73. The van der Waals surface area contributed by atoms with Gasteiger partial charge in [-0.1, -0.05) is 29.8 Å². The van der Waals surface area contributed by atoms with Gasteiger partial charge in [-0.2, -0.15) is 0 Å². The molecular weight excluding hydrogens is 220 g/mol. The van der Waals surface area contributed by atoms with Crippen molar-refractivity contribution in [1.82, 2.24) is 10.2 Å². The summed E-state index contributed by atoms with van der Waals surface area (Å²) in [6.45, 7) is 8.05. The van der Waals surface area contributed by atoms with Crippen LogP contribution in [0.1, 0.15) is 36.9 Å². The molecule has 100 valence electrons. The van der Waals surface area contributed by atoms with Crippen LogP contribution in [-0.4, -0.2) is 31.6 Å². The minimum Gasteiger partial charge on any atom is -0.310 e. The van der Waals surface area contributed by atoms with E-state index in [2.05, 4.69) is 55.4 Å². The van der Waals surface area contributed by atoms with Gasteiger partial charge in [-0.25, -0.2) is 0 Å². The van der Waals surface area contributed by atoms with Crippen molar-refractivity contribution in [3.05, 3.63) is 35.4 Å². The summed E-state index contributed by atoms with van der Waals surface area (Å²) >= 11 is 0. The molecule has 1 fully saturated rings. The Hall–Kier alpha value is -0.860. The number of rotatable bonds is 4. The molecule has 18 heavy (non-hydrogen) atoms. The molecule has 1 heterocycles. The van der Waals surface area contributed by atoms with E-state index in [1.807, 2.05) is 0 Å². The average Bonchev–Trinajstić information content (AvgIpc) is 2.37. The van der Waals surface area contributed by atoms with Gasteiger partial charge in [0.2, 0.25) is 0 Å². The number of likely N-dealkylation sites (tertiary alicyclic amines) is 1. The molecule has 0 saturated carbocycles. The molecule has 2 atom stereocenters. The first-order valence-electron chi connectivity index (χ1n) is 7.13. The second-order valence-electron chi connectivity index (χ2n) is 5.81. The molecule has 0 amide bonds. The van der Waals surface area contributed by atoms with E-state index in [-0.39, 0.29) is 0 Å². The zero-order valence-corrected chi connectivity index (χ0v) is 11.9. The lowest BCUT2D eigenvalue weighted by Gasteiger charge is -2.30.